The zero-order valence-electron chi connectivity index (χ0n) is 33.2. The summed E-state index contributed by atoms with van der Waals surface area (Å²) >= 11 is 1.53. The fraction of sp³-hybridized carbons (Fsp3) is 0.591. The third-order valence-electron chi connectivity index (χ3n) is 12.6. The first-order valence-electron chi connectivity index (χ1n) is 20.7. The first kappa shape index (κ1) is 38.5. The second kappa shape index (κ2) is 15.9. The molecular weight excluding hydrogens is 727 g/mol. The molecular formula is C44H55N5O6S. The average Bonchev–Trinajstić information content (AvgIpc) is 3.80. The van der Waals surface area contributed by atoms with Crippen LogP contribution >= 0.6 is 11.3 Å². The van der Waals surface area contributed by atoms with Crippen LogP contribution in [0.5, 0.6) is 5.75 Å². The van der Waals surface area contributed by atoms with Gasteiger partial charge >= 0.3 is 5.97 Å². The van der Waals surface area contributed by atoms with Crippen LogP contribution in [0.3, 0.4) is 0 Å². The molecule has 3 fully saturated rings. The number of nitrogens with zero attached hydrogens (tertiary/aromatic N) is 4. The summed E-state index contributed by atoms with van der Waals surface area (Å²) in [5.74, 6) is 0.101. The van der Waals surface area contributed by atoms with Gasteiger partial charge in [0.25, 0.3) is 0 Å². The van der Waals surface area contributed by atoms with Crippen molar-refractivity contribution < 1.29 is 28.7 Å². The van der Waals surface area contributed by atoms with Gasteiger partial charge in [0.15, 0.2) is 16.5 Å². The van der Waals surface area contributed by atoms with E-state index in [-0.39, 0.29) is 48.2 Å². The van der Waals surface area contributed by atoms with Crippen molar-refractivity contribution >= 4 is 50.7 Å². The number of ketones is 1. The van der Waals surface area contributed by atoms with Crippen LogP contribution in [-0.2, 0) is 24.0 Å². The first-order valence-corrected chi connectivity index (χ1v) is 21.6. The Labute approximate surface area is 333 Å². The number of oxime groups is 1. The van der Waals surface area contributed by atoms with Crippen LogP contribution in [0.4, 0.5) is 5.13 Å². The van der Waals surface area contributed by atoms with Crippen molar-refractivity contribution in [1.82, 2.24) is 14.9 Å². The lowest BCUT2D eigenvalue weighted by atomic mass is 9.87. The number of fused-ring (bicyclic) bond motifs is 3. The lowest BCUT2D eigenvalue weighted by Crippen LogP contribution is -2.45. The van der Waals surface area contributed by atoms with E-state index in [9.17, 15) is 14.4 Å². The third-order valence-corrected chi connectivity index (χ3v) is 13.3. The number of nitrogens with one attached hydrogen (secondary N) is 1. The molecule has 1 spiro atoms. The number of carbonyl (C=O) groups is 3. The number of hydrogen-bond acceptors (Lipinski definition) is 11. The normalized spacial score (nSPS) is 29.1. The highest BCUT2D eigenvalue weighted by Crippen LogP contribution is 2.56. The molecule has 2 aromatic heterocycles. The molecule has 12 heteroatoms. The van der Waals surface area contributed by atoms with E-state index in [2.05, 4.69) is 38.2 Å². The number of carbonyl (C=O) groups excluding carboxylic acids is 3. The van der Waals surface area contributed by atoms with Crippen LogP contribution in [0.25, 0.3) is 22.3 Å². The molecule has 298 valence electrons. The molecule has 1 amide bonds. The van der Waals surface area contributed by atoms with Crippen molar-refractivity contribution in [2.75, 3.05) is 19.0 Å². The number of anilines is 1. The van der Waals surface area contributed by atoms with Gasteiger partial charge in [0.05, 0.1) is 43.0 Å². The van der Waals surface area contributed by atoms with Gasteiger partial charge in [0.1, 0.15) is 17.5 Å². The molecule has 8 rings (SSSR count). The zero-order valence-corrected chi connectivity index (χ0v) is 34.0. The van der Waals surface area contributed by atoms with Crippen LogP contribution in [-0.4, -0.2) is 75.7 Å². The summed E-state index contributed by atoms with van der Waals surface area (Å²) < 4.78 is 11.4. The number of aromatic nitrogens is 2. The highest BCUT2D eigenvalue weighted by Gasteiger charge is 2.57. The molecule has 1 saturated heterocycles. The van der Waals surface area contributed by atoms with E-state index in [4.69, 9.17) is 29.4 Å². The van der Waals surface area contributed by atoms with Crippen LogP contribution in [0.1, 0.15) is 116 Å². The molecule has 3 aliphatic heterocycles. The van der Waals surface area contributed by atoms with E-state index < -0.39 is 17.6 Å². The minimum atomic E-state index is -0.882. The van der Waals surface area contributed by atoms with Crippen LogP contribution in [0.15, 0.2) is 47.0 Å². The summed E-state index contributed by atoms with van der Waals surface area (Å²) in [6, 6.07) is 7.41. The van der Waals surface area contributed by atoms with E-state index in [1.165, 1.54) is 11.3 Å². The highest BCUT2D eigenvalue weighted by atomic mass is 32.1. The zero-order chi connectivity index (χ0) is 39.0. The molecule has 1 N–H and O–H groups in total. The number of ether oxygens (including phenoxy) is 2. The van der Waals surface area contributed by atoms with Gasteiger partial charge in [-0.25, -0.2) is 9.97 Å². The molecule has 5 heterocycles. The van der Waals surface area contributed by atoms with Crippen molar-refractivity contribution in [3.63, 3.8) is 0 Å². The van der Waals surface area contributed by atoms with Gasteiger partial charge in [0.2, 0.25) is 5.91 Å². The Bertz CT molecular complexity index is 2040. The summed E-state index contributed by atoms with van der Waals surface area (Å²) in [5, 5.41) is 11.8. The van der Waals surface area contributed by atoms with Gasteiger partial charge in [0, 0.05) is 53.6 Å². The smallest absolute Gasteiger partial charge is 0.306 e. The number of rotatable bonds is 8. The number of thiazole rings is 1. The largest absolute Gasteiger partial charge is 0.497 e. The second-order valence-electron chi connectivity index (χ2n) is 17.4. The Hall–Kier alpha value is -4.32. The van der Waals surface area contributed by atoms with E-state index in [1.807, 2.05) is 29.6 Å². The molecule has 0 radical (unpaired) electrons. The van der Waals surface area contributed by atoms with Crippen LogP contribution in [0.2, 0.25) is 0 Å². The molecule has 56 heavy (non-hydrogen) atoms. The number of Topliss-reactive ketones (excluding diaryl/α,β-unsaturated/α-hetero) is 1. The number of benzene rings is 1. The van der Waals surface area contributed by atoms with Crippen molar-refractivity contribution in [1.29, 1.82) is 0 Å². The number of esters is 1. The third kappa shape index (κ3) is 8.22. The molecule has 5 atom stereocenters. The summed E-state index contributed by atoms with van der Waals surface area (Å²) in [5.41, 5.74) is 2.80. The standard InChI is InChI=1S/C44H55N5O6S/c1-27(2)45-42-47-37(25-56-42)35-20-33(32-17-16-31(53-4)19-34(32)46-35)36-22-44(55-48-36)23-38-39(50)24-43(3)21-29(43)13-9-7-5-6-8-12-28(41(52)49(38)26-44)18-40(51)54-30-14-10-11-15-30/h9,13,16-17,19-20,25,27-30,38H,5-8,10-12,14-15,18,21-24,26H2,1-4H3,(H,45,47)/b13-9-/t28?,29-,38+,43+,44?/m1/s1. The first-order chi connectivity index (χ1) is 27.0. The summed E-state index contributed by atoms with van der Waals surface area (Å²) in [4.78, 5) is 60.6. The van der Waals surface area contributed by atoms with Gasteiger partial charge in [-0.2, -0.15) is 0 Å². The SMILES string of the molecule is COc1ccc2c(C3=NOC4(C3)C[C@H]3C(=O)C[C@]5(C)C[C@H]5/C=C\CCCCCC(CC(=O)OC5CCCC5)C(=O)N3C4)cc(-c3csc(NC(C)C)n3)nc2c1. The van der Waals surface area contributed by atoms with E-state index in [1.54, 1.807) is 12.0 Å². The Kier molecular flexibility index (Phi) is 10.9. The maximum Gasteiger partial charge on any atom is 0.306 e. The van der Waals surface area contributed by atoms with Crippen molar-refractivity contribution in [2.24, 2.45) is 22.4 Å². The monoisotopic (exact) mass is 781 g/mol. The molecule has 0 bridgehead atoms. The summed E-state index contributed by atoms with van der Waals surface area (Å²) in [6.07, 6.45) is 15.0. The van der Waals surface area contributed by atoms with Gasteiger partial charge in [-0.1, -0.05) is 37.1 Å². The number of amides is 1. The number of methoxy groups -OCH3 is 1. The second-order valence-corrected chi connectivity index (χ2v) is 18.3. The minimum absolute atomic E-state index is 0.0301. The summed E-state index contributed by atoms with van der Waals surface area (Å²) in [7, 11) is 1.64. The van der Waals surface area contributed by atoms with Crippen molar-refractivity contribution in [3.8, 4) is 17.1 Å². The fourth-order valence-electron chi connectivity index (χ4n) is 9.28. The average molecular weight is 782 g/mol. The number of allylic oxidation sites excluding steroid dienone is 2. The maximum absolute atomic E-state index is 14.8. The predicted octanol–water partition coefficient (Wildman–Crippen LogP) is 8.65. The Morgan fingerprint density at radius 1 is 1.04 bits per heavy atom. The summed E-state index contributed by atoms with van der Waals surface area (Å²) in [6.45, 7) is 6.57. The highest BCUT2D eigenvalue weighted by molar-refractivity contribution is 7.14. The van der Waals surface area contributed by atoms with Gasteiger partial charge in [-0.3, -0.25) is 14.4 Å². The fourth-order valence-corrected chi connectivity index (χ4v) is 10.1. The van der Waals surface area contributed by atoms with Crippen molar-refractivity contribution in [2.45, 2.75) is 134 Å². The topological polar surface area (TPSA) is 132 Å². The molecule has 3 aromatic rings. The number of hydrogen-bond donors (Lipinski definition) is 1. The van der Waals surface area contributed by atoms with Crippen LogP contribution in [0, 0.1) is 17.3 Å². The molecule has 2 saturated carbocycles. The molecule has 1 aromatic carbocycles. The van der Waals surface area contributed by atoms with Crippen LogP contribution < -0.4 is 10.1 Å². The van der Waals surface area contributed by atoms with Gasteiger partial charge < -0.3 is 24.5 Å². The van der Waals surface area contributed by atoms with Crippen molar-refractivity contribution in [3.05, 3.63) is 47.4 Å². The van der Waals surface area contributed by atoms with E-state index in [0.29, 0.717) is 43.0 Å². The lowest BCUT2D eigenvalue weighted by molar-refractivity contribution is -0.154. The van der Waals surface area contributed by atoms with Gasteiger partial charge in [-0.15, -0.1) is 11.3 Å². The Morgan fingerprint density at radius 3 is 2.66 bits per heavy atom. The predicted molar refractivity (Wildman–Crippen MR) is 218 cm³/mol. The molecule has 2 aliphatic carbocycles. The minimum Gasteiger partial charge on any atom is -0.497 e. The quantitative estimate of drug-likeness (QED) is 0.176. The van der Waals surface area contributed by atoms with E-state index in [0.717, 1.165) is 90.8 Å². The molecule has 11 nitrogen and oxygen atoms in total. The van der Waals surface area contributed by atoms with E-state index >= 15 is 0 Å². The molecule has 2 unspecified atom stereocenters. The molecule has 5 aliphatic rings. The Morgan fingerprint density at radius 2 is 1.86 bits per heavy atom. The number of pyridine rings is 1. The lowest BCUT2D eigenvalue weighted by Gasteiger charge is -2.29. The van der Waals surface area contributed by atoms with Gasteiger partial charge in [-0.05, 0) is 94.7 Å². The Balaban J connectivity index is 1.09. The maximum atomic E-state index is 14.8.